The SMILES string of the molecule is CCOC(=O)C1=C(COC(=O)c2ccc(C#N)cc2)NC(=O)N[C@@H]1C. The zero-order valence-corrected chi connectivity index (χ0v) is 13.8. The van der Waals surface area contributed by atoms with Gasteiger partial charge in [0.05, 0.1) is 41.1 Å². The first-order valence-corrected chi connectivity index (χ1v) is 7.61. The summed E-state index contributed by atoms with van der Waals surface area (Å²) in [6.45, 7) is 3.20. The minimum Gasteiger partial charge on any atom is -0.463 e. The maximum atomic E-state index is 12.1. The van der Waals surface area contributed by atoms with E-state index in [9.17, 15) is 14.4 Å². The van der Waals surface area contributed by atoms with Crippen LogP contribution in [0.1, 0.15) is 29.8 Å². The fourth-order valence-corrected chi connectivity index (χ4v) is 2.30. The van der Waals surface area contributed by atoms with Crippen LogP contribution < -0.4 is 10.6 Å². The van der Waals surface area contributed by atoms with Crippen molar-refractivity contribution < 1.29 is 23.9 Å². The number of benzene rings is 1. The van der Waals surface area contributed by atoms with E-state index in [1.165, 1.54) is 24.3 Å². The third kappa shape index (κ3) is 4.35. The molecule has 8 heteroatoms. The van der Waals surface area contributed by atoms with Gasteiger partial charge in [-0.15, -0.1) is 0 Å². The summed E-state index contributed by atoms with van der Waals surface area (Å²) in [5.74, 6) is -1.23. The number of amides is 2. The molecule has 0 aliphatic carbocycles. The van der Waals surface area contributed by atoms with Gasteiger partial charge in [-0.1, -0.05) is 0 Å². The van der Waals surface area contributed by atoms with Crippen LogP contribution in [0.5, 0.6) is 0 Å². The molecule has 0 saturated carbocycles. The largest absolute Gasteiger partial charge is 0.463 e. The van der Waals surface area contributed by atoms with Gasteiger partial charge in [0.2, 0.25) is 0 Å². The van der Waals surface area contributed by atoms with Gasteiger partial charge in [0.25, 0.3) is 0 Å². The average molecular weight is 343 g/mol. The van der Waals surface area contributed by atoms with Crippen LogP contribution in [0, 0.1) is 11.3 Å². The summed E-state index contributed by atoms with van der Waals surface area (Å²) in [6, 6.07) is 6.80. The van der Waals surface area contributed by atoms with Gasteiger partial charge in [-0.3, -0.25) is 0 Å². The standard InChI is InChI=1S/C17H17N3O5/c1-3-24-16(22)14-10(2)19-17(23)20-13(14)9-25-15(21)12-6-4-11(8-18)5-7-12/h4-7,10H,3,9H2,1-2H3,(H2,19,20,23)/t10-/m1/s1. The summed E-state index contributed by atoms with van der Waals surface area (Å²) in [5.41, 5.74) is 1.06. The van der Waals surface area contributed by atoms with E-state index in [2.05, 4.69) is 10.6 Å². The summed E-state index contributed by atoms with van der Waals surface area (Å²) >= 11 is 0. The van der Waals surface area contributed by atoms with E-state index in [0.29, 0.717) is 5.56 Å². The Labute approximate surface area is 144 Å². The van der Waals surface area contributed by atoms with Gasteiger partial charge < -0.3 is 20.1 Å². The van der Waals surface area contributed by atoms with Crippen LogP contribution in [0.2, 0.25) is 0 Å². The van der Waals surface area contributed by atoms with Crippen LogP contribution in [-0.4, -0.2) is 37.2 Å². The number of hydrogen-bond donors (Lipinski definition) is 2. The number of hydrogen-bond acceptors (Lipinski definition) is 6. The van der Waals surface area contributed by atoms with E-state index in [0.717, 1.165) is 0 Å². The maximum Gasteiger partial charge on any atom is 0.338 e. The molecule has 2 rings (SSSR count). The number of rotatable bonds is 5. The van der Waals surface area contributed by atoms with Gasteiger partial charge in [-0.25, -0.2) is 14.4 Å². The van der Waals surface area contributed by atoms with E-state index in [1.54, 1.807) is 13.8 Å². The van der Waals surface area contributed by atoms with Crippen molar-refractivity contribution in [3.05, 3.63) is 46.7 Å². The molecule has 0 spiro atoms. The first kappa shape index (κ1) is 18.0. The highest BCUT2D eigenvalue weighted by Gasteiger charge is 2.30. The Morgan fingerprint density at radius 1 is 1.20 bits per heavy atom. The molecule has 0 fully saturated rings. The number of nitrogens with zero attached hydrogens (tertiary/aromatic N) is 1. The molecule has 0 aromatic heterocycles. The Balaban J connectivity index is 2.15. The Morgan fingerprint density at radius 2 is 1.88 bits per heavy atom. The van der Waals surface area contributed by atoms with Crippen molar-refractivity contribution in [2.45, 2.75) is 19.9 Å². The zero-order chi connectivity index (χ0) is 18.4. The van der Waals surface area contributed by atoms with Gasteiger partial charge in [0.15, 0.2) is 0 Å². The number of esters is 2. The highest BCUT2D eigenvalue weighted by atomic mass is 16.5. The molecule has 1 heterocycles. The fourth-order valence-electron chi connectivity index (χ4n) is 2.30. The van der Waals surface area contributed by atoms with Crippen LogP contribution in [0.25, 0.3) is 0 Å². The molecule has 1 aromatic rings. The first-order chi connectivity index (χ1) is 12.0. The van der Waals surface area contributed by atoms with Gasteiger partial charge in [0.1, 0.15) is 6.61 Å². The van der Waals surface area contributed by atoms with Crippen LogP contribution in [0.3, 0.4) is 0 Å². The van der Waals surface area contributed by atoms with E-state index in [1.807, 2.05) is 6.07 Å². The Kier molecular flexibility index (Phi) is 5.74. The second-order valence-corrected chi connectivity index (χ2v) is 5.20. The minimum absolute atomic E-state index is 0.177. The number of nitriles is 1. The van der Waals surface area contributed by atoms with Crippen molar-refractivity contribution in [1.82, 2.24) is 10.6 Å². The quantitative estimate of drug-likeness (QED) is 0.777. The Hall–Kier alpha value is -3.34. The third-order valence-corrected chi connectivity index (χ3v) is 3.46. The maximum absolute atomic E-state index is 12.1. The predicted octanol–water partition coefficient (Wildman–Crippen LogP) is 1.23. The summed E-state index contributed by atoms with van der Waals surface area (Å²) < 4.78 is 10.1. The second-order valence-electron chi connectivity index (χ2n) is 5.20. The normalized spacial score (nSPS) is 16.4. The molecule has 2 N–H and O–H groups in total. The lowest BCUT2D eigenvalue weighted by atomic mass is 10.0. The lowest BCUT2D eigenvalue weighted by molar-refractivity contribution is -0.139. The summed E-state index contributed by atoms with van der Waals surface area (Å²) in [6.07, 6.45) is 0. The molecule has 130 valence electrons. The summed E-state index contributed by atoms with van der Waals surface area (Å²) in [4.78, 5) is 35.8. The van der Waals surface area contributed by atoms with Crippen molar-refractivity contribution in [3.63, 3.8) is 0 Å². The topological polar surface area (TPSA) is 118 Å². The average Bonchev–Trinajstić information content (AvgIpc) is 2.59. The van der Waals surface area contributed by atoms with E-state index < -0.39 is 24.0 Å². The third-order valence-electron chi connectivity index (χ3n) is 3.46. The molecule has 1 aromatic carbocycles. The van der Waals surface area contributed by atoms with Crippen molar-refractivity contribution in [3.8, 4) is 6.07 Å². The second kappa shape index (κ2) is 7.97. The van der Waals surface area contributed by atoms with E-state index in [4.69, 9.17) is 14.7 Å². The molecule has 2 amide bonds. The number of urea groups is 1. The van der Waals surface area contributed by atoms with Crippen molar-refractivity contribution in [2.24, 2.45) is 0 Å². The van der Waals surface area contributed by atoms with Crippen LogP contribution in [0.15, 0.2) is 35.5 Å². The van der Waals surface area contributed by atoms with Crippen LogP contribution in [0.4, 0.5) is 4.79 Å². The molecule has 1 aliphatic heterocycles. The summed E-state index contributed by atoms with van der Waals surface area (Å²) in [7, 11) is 0. The number of carbonyl (C=O) groups is 3. The first-order valence-electron chi connectivity index (χ1n) is 7.61. The number of nitrogens with one attached hydrogen (secondary N) is 2. The van der Waals surface area contributed by atoms with Crippen molar-refractivity contribution >= 4 is 18.0 Å². The number of ether oxygens (including phenoxy) is 2. The molecular formula is C17H17N3O5. The summed E-state index contributed by atoms with van der Waals surface area (Å²) in [5, 5.41) is 13.8. The van der Waals surface area contributed by atoms with Crippen molar-refractivity contribution in [1.29, 1.82) is 5.26 Å². The highest BCUT2D eigenvalue weighted by molar-refractivity contribution is 5.95. The monoisotopic (exact) mass is 343 g/mol. The lowest BCUT2D eigenvalue weighted by Gasteiger charge is -2.26. The Bertz CT molecular complexity index is 761. The molecule has 0 unspecified atom stereocenters. The highest BCUT2D eigenvalue weighted by Crippen LogP contribution is 2.15. The van der Waals surface area contributed by atoms with Gasteiger partial charge in [-0.05, 0) is 38.1 Å². The lowest BCUT2D eigenvalue weighted by Crippen LogP contribution is -2.50. The molecule has 0 radical (unpaired) electrons. The van der Waals surface area contributed by atoms with E-state index >= 15 is 0 Å². The molecule has 0 bridgehead atoms. The molecule has 1 atom stereocenters. The number of carbonyl (C=O) groups excluding carboxylic acids is 3. The molecule has 1 aliphatic rings. The van der Waals surface area contributed by atoms with Crippen molar-refractivity contribution in [2.75, 3.05) is 13.2 Å². The molecule has 0 saturated heterocycles. The molecule has 25 heavy (non-hydrogen) atoms. The molecule has 8 nitrogen and oxygen atoms in total. The van der Waals surface area contributed by atoms with Gasteiger partial charge in [0, 0.05) is 0 Å². The Morgan fingerprint density at radius 3 is 2.48 bits per heavy atom. The van der Waals surface area contributed by atoms with Crippen LogP contribution >= 0.6 is 0 Å². The van der Waals surface area contributed by atoms with E-state index in [-0.39, 0.29) is 30.0 Å². The van der Waals surface area contributed by atoms with Gasteiger partial charge >= 0.3 is 18.0 Å². The predicted molar refractivity (Wildman–Crippen MR) is 86.2 cm³/mol. The minimum atomic E-state index is -0.638. The van der Waals surface area contributed by atoms with Gasteiger partial charge in [-0.2, -0.15) is 5.26 Å². The molecular weight excluding hydrogens is 326 g/mol. The fraction of sp³-hybridized carbons (Fsp3) is 0.294. The smallest absolute Gasteiger partial charge is 0.338 e. The van der Waals surface area contributed by atoms with Crippen LogP contribution in [-0.2, 0) is 14.3 Å². The zero-order valence-electron chi connectivity index (χ0n) is 13.8.